The molecule has 0 aliphatic heterocycles. The summed E-state index contributed by atoms with van der Waals surface area (Å²) in [4.78, 5) is 16.6. The van der Waals surface area contributed by atoms with Crippen molar-refractivity contribution in [3.8, 4) is 0 Å². The van der Waals surface area contributed by atoms with Crippen LogP contribution in [0.25, 0.3) is 0 Å². The normalized spacial score (nSPS) is 10.6. The number of thiophene rings is 1. The highest BCUT2D eigenvalue weighted by Crippen LogP contribution is 2.13. The molecule has 2 heterocycles. The molecule has 16 heavy (non-hydrogen) atoms. The SMILES string of the molecule is CCC(=O)Cc1nc(Cc2cccs2)no1. The van der Waals surface area contributed by atoms with E-state index in [1.807, 2.05) is 24.4 Å². The quantitative estimate of drug-likeness (QED) is 0.799. The third-order valence-electron chi connectivity index (χ3n) is 2.17. The van der Waals surface area contributed by atoms with Crippen LogP contribution in [0.15, 0.2) is 22.0 Å². The number of carbonyl (C=O) groups is 1. The van der Waals surface area contributed by atoms with Gasteiger partial charge >= 0.3 is 0 Å². The van der Waals surface area contributed by atoms with Crippen LogP contribution in [0.4, 0.5) is 0 Å². The number of rotatable bonds is 5. The second-order valence-corrected chi connectivity index (χ2v) is 4.46. The molecule has 0 spiro atoms. The summed E-state index contributed by atoms with van der Waals surface area (Å²) >= 11 is 1.66. The molecule has 0 bridgehead atoms. The van der Waals surface area contributed by atoms with Gasteiger partial charge in [0.15, 0.2) is 5.82 Å². The number of Topliss-reactive ketones (excluding diaryl/α,β-unsaturated/α-hetero) is 1. The van der Waals surface area contributed by atoms with Crippen molar-refractivity contribution < 1.29 is 9.32 Å². The molecule has 0 fully saturated rings. The van der Waals surface area contributed by atoms with Crippen LogP contribution in [0.2, 0.25) is 0 Å². The standard InChI is InChI=1S/C11H12N2O2S/c1-2-8(14)6-11-12-10(13-15-11)7-9-4-3-5-16-9/h3-5H,2,6-7H2,1H3. The zero-order chi connectivity index (χ0) is 11.4. The molecule has 0 aliphatic carbocycles. The average molecular weight is 236 g/mol. The Morgan fingerprint density at radius 1 is 1.56 bits per heavy atom. The van der Waals surface area contributed by atoms with Crippen LogP contribution < -0.4 is 0 Å². The monoisotopic (exact) mass is 236 g/mol. The lowest BCUT2D eigenvalue weighted by atomic mass is 10.2. The molecule has 4 nitrogen and oxygen atoms in total. The van der Waals surface area contributed by atoms with Crippen LogP contribution in [0.1, 0.15) is 29.9 Å². The highest BCUT2D eigenvalue weighted by Gasteiger charge is 2.10. The van der Waals surface area contributed by atoms with E-state index in [0.29, 0.717) is 24.6 Å². The highest BCUT2D eigenvalue weighted by atomic mass is 32.1. The van der Waals surface area contributed by atoms with E-state index < -0.39 is 0 Å². The lowest BCUT2D eigenvalue weighted by Gasteiger charge is -1.89. The highest BCUT2D eigenvalue weighted by molar-refractivity contribution is 7.09. The Kier molecular flexibility index (Phi) is 3.46. The van der Waals surface area contributed by atoms with Crippen molar-refractivity contribution in [2.45, 2.75) is 26.2 Å². The Morgan fingerprint density at radius 2 is 2.44 bits per heavy atom. The minimum atomic E-state index is 0.117. The van der Waals surface area contributed by atoms with Gasteiger partial charge in [0.1, 0.15) is 5.78 Å². The van der Waals surface area contributed by atoms with Gasteiger partial charge in [0, 0.05) is 17.7 Å². The minimum absolute atomic E-state index is 0.117. The van der Waals surface area contributed by atoms with Gasteiger partial charge in [0.2, 0.25) is 5.89 Å². The summed E-state index contributed by atoms with van der Waals surface area (Å²) in [5.41, 5.74) is 0. The third kappa shape index (κ3) is 2.76. The first-order chi connectivity index (χ1) is 7.78. The molecule has 5 heteroatoms. The van der Waals surface area contributed by atoms with Gasteiger partial charge in [-0.05, 0) is 11.4 Å². The molecule has 0 saturated carbocycles. The van der Waals surface area contributed by atoms with Gasteiger partial charge in [-0.25, -0.2) is 0 Å². The molecule has 0 unspecified atom stereocenters. The maximum atomic E-state index is 11.2. The Bertz CT molecular complexity index is 462. The Morgan fingerprint density at radius 3 is 3.12 bits per heavy atom. The second-order valence-electron chi connectivity index (χ2n) is 3.43. The van der Waals surface area contributed by atoms with Crippen molar-refractivity contribution in [3.63, 3.8) is 0 Å². The zero-order valence-electron chi connectivity index (χ0n) is 8.97. The third-order valence-corrected chi connectivity index (χ3v) is 3.04. The van der Waals surface area contributed by atoms with E-state index in [4.69, 9.17) is 4.52 Å². The number of carbonyl (C=O) groups excluding carboxylic acids is 1. The average Bonchev–Trinajstić information content (AvgIpc) is 2.91. The van der Waals surface area contributed by atoms with Crippen LogP contribution in [-0.4, -0.2) is 15.9 Å². The minimum Gasteiger partial charge on any atom is -0.339 e. The van der Waals surface area contributed by atoms with Gasteiger partial charge in [-0.1, -0.05) is 18.1 Å². The smallest absolute Gasteiger partial charge is 0.234 e. The Labute approximate surface area is 97.3 Å². The summed E-state index contributed by atoms with van der Waals surface area (Å²) in [5.74, 6) is 1.17. The lowest BCUT2D eigenvalue weighted by Crippen LogP contribution is -2.00. The van der Waals surface area contributed by atoms with Crippen molar-refractivity contribution in [1.82, 2.24) is 10.1 Å². The molecule has 0 amide bonds. The first-order valence-corrected chi connectivity index (χ1v) is 6.01. The van der Waals surface area contributed by atoms with Gasteiger partial charge in [-0.15, -0.1) is 11.3 Å². The summed E-state index contributed by atoms with van der Waals surface area (Å²) in [6.07, 6.45) is 1.41. The molecular weight excluding hydrogens is 224 g/mol. The van der Waals surface area contributed by atoms with Crippen molar-refractivity contribution >= 4 is 17.1 Å². The molecule has 0 N–H and O–H groups in total. The molecule has 0 aliphatic rings. The number of ketones is 1. The molecule has 84 valence electrons. The van der Waals surface area contributed by atoms with Crippen LogP contribution in [-0.2, 0) is 17.6 Å². The zero-order valence-corrected chi connectivity index (χ0v) is 9.79. The van der Waals surface area contributed by atoms with Gasteiger partial charge in [-0.2, -0.15) is 4.98 Å². The molecular formula is C11H12N2O2S. The van der Waals surface area contributed by atoms with Crippen LogP contribution >= 0.6 is 11.3 Å². The first kappa shape index (κ1) is 11.0. The molecule has 2 aromatic heterocycles. The van der Waals surface area contributed by atoms with Gasteiger partial charge in [-0.3, -0.25) is 4.79 Å². The Balaban J connectivity index is 1.99. The number of hydrogen-bond acceptors (Lipinski definition) is 5. The number of aromatic nitrogens is 2. The second kappa shape index (κ2) is 5.03. The fraction of sp³-hybridized carbons (Fsp3) is 0.364. The van der Waals surface area contributed by atoms with Crippen molar-refractivity contribution in [1.29, 1.82) is 0 Å². The number of nitrogens with zero attached hydrogens (tertiary/aromatic N) is 2. The van der Waals surface area contributed by atoms with Crippen LogP contribution in [0.5, 0.6) is 0 Å². The van der Waals surface area contributed by atoms with Crippen molar-refractivity contribution in [2.75, 3.05) is 0 Å². The van der Waals surface area contributed by atoms with E-state index in [2.05, 4.69) is 10.1 Å². The summed E-state index contributed by atoms with van der Waals surface area (Å²) in [5, 5.41) is 5.86. The summed E-state index contributed by atoms with van der Waals surface area (Å²) < 4.78 is 5.01. The molecule has 2 rings (SSSR count). The van der Waals surface area contributed by atoms with E-state index in [0.717, 1.165) is 0 Å². The fourth-order valence-electron chi connectivity index (χ4n) is 1.30. The van der Waals surface area contributed by atoms with Crippen molar-refractivity contribution in [2.24, 2.45) is 0 Å². The topological polar surface area (TPSA) is 56.0 Å². The predicted molar refractivity (Wildman–Crippen MR) is 60.4 cm³/mol. The maximum absolute atomic E-state index is 11.2. The first-order valence-electron chi connectivity index (χ1n) is 5.13. The van der Waals surface area contributed by atoms with Crippen LogP contribution in [0.3, 0.4) is 0 Å². The van der Waals surface area contributed by atoms with Crippen molar-refractivity contribution in [3.05, 3.63) is 34.1 Å². The Hall–Kier alpha value is -1.49. The van der Waals surface area contributed by atoms with Gasteiger partial charge in [0.05, 0.1) is 6.42 Å². The molecule has 0 radical (unpaired) electrons. The summed E-state index contributed by atoms with van der Waals surface area (Å²) in [6.45, 7) is 1.82. The molecule has 0 aromatic carbocycles. The fourth-order valence-corrected chi connectivity index (χ4v) is 2.00. The summed E-state index contributed by atoms with van der Waals surface area (Å²) in [7, 11) is 0. The van der Waals surface area contributed by atoms with E-state index in [1.165, 1.54) is 4.88 Å². The number of hydrogen-bond donors (Lipinski definition) is 0. The maximum Gasteiger partial charge on any atom is 0.234 e. The summed E-state index contributed by atoms with van der Waals surface area (Å²) in [6, 6.07) is 4.01. The van der Waals surface area contributed by atoms with E-state index >= 15 is 0 Å². The van der Waals surface area contributed by atoms with E-state index in [-0.39, 0.29) is 12.2 Å². The predicted octanol–water partition coefficient (Wildman–Crippen LogP) is 2.24. The lowest BCUT2D eigenvalue weighted by molar-refractivity contribution is -0.118. The van der Waals surface area contributed by atoms with Gasteiger partial charge in [0.25, 0.3) is 0 Å². The van der Waals surface area contributed by atoms with E-state index in [9.17, 15) is 4.79 Å². The van der Waals surface area contributed by atoms with Gasteiger partial charge < -0.3 is 4.52 Å². The molecule has 2 aromatic rings. The molecule has 0 saturated heterocycles. The largest absolute Gasteiger partial charge is 0.339 e. The molecule has 0 atom stereocenters. The van der Waals surface area contributed by atoms with Crippen LogP contribution in [0, 0.1) is 0 Å². The van der Waals surface area contributed by atoms with E-state index in [1.54, 1.807) is 11.3 Å².